The van der Waals surface area contributed by atoms with Crippen molar-refractivity contribution in [2.24, 2.45) is 0 Å². The van der Waals surface area contributed by atoms with Crippen LogP contribution in [0, 0.1) is 6.07 Å². The Kier molecular flexibility index (Phi) is 4.85. The zero-order valence-electron chi connectivity index (χ0n) is 9.75. The van der Waals surface area contributed by atoms with Crippen LogP contribution in [-0.2, 0) is 4.74 Å². The third-order valence-corrected chi connectivity index (χ3v) is 3.70. The molecule has 0 atom stereocenters. The van der Waals surface area contributed by atoms with Gasteiger partial charge in [-0.1, -0.05) is 31.8 Å². The molecule has 0 amide bonds. The van der Waals surface area contributed by atoms with E-state index in [9.17, 15) is 0 Å². The maximum Gasteiger partial charge on any atom is 0.189 e. The Morgan fingerprint density at radius 3 is 2.47 bits per heavy atom. The van der Waals surface area contributed by atoms with Crippen molar-refractivity contribution in [3.63, 3.8) is 0 Å². The van der Waals surface area contributed by atoms with Gasteiger partial charge in [-0.2, -0.15) is 0 Å². The molecule has 0 aliphatic carbocycles. The van der Waals surface area contributed by atoms with Crippen LogP contribution in [0.5, 0.6) is 5.75 Å². The van der Waals surface area contributed by atoms with Crippen molar-refractivity contribution in [2.45, 2.75) is 25.7 Å². The number of hydrogen-bond donors (Lipinski definition) is 0. The van der Waals surface area contributed by atoms with E-state index in [1.165, 1.54) is 6.04 Å². The molecule has 1 aromatic carbocycles. The maximum atomic E-state index is 5.42. The van der Waals surface area contributed by atoms with Gasteiger partial charge in [0.1, 0.15) is 5.75 Å². The molecule has 0 aliphatic rings. The highest BCUT2D eigenvalue weighted by Gasteiger charge is 2.11. The molecule has 1 aromatic rings. The molecule has 0 aromatic heterocycles. The fourth-order valence-electron chi connectivity index (χ4n) is 1.01. The second-order valence-electron chi connectivity index (χ2n) is 4.72. The first-order valence-electron chi connectivity index (χ1n) is 5.25. The van der Waals surface area contributed by atoms with Gasteiger partial charge in [0.2, 0.25) is 0 Å². The van der Waals surface area contributed by atoms with Crippen LogP contribution in [0.1, 0.15) is 0 Å². The maximum absolute atomic E-state index is 5.42. The van der Waals surface area contributed by atoms with Gasteiger partial charge >= 0.3 is 0 Å². The van der Waals surface area contributed by atoms with Gasteiger partial charge in [-0.3, -0.25) is 0 Å². The third-order valence-electron chi connectivity index (χ3n) is 1.99. The zero-order valence-corrected chi connectivity index (χ0v) is 10.7. The summed E-state index contributed by atoms with van der Waals surface area (Å²) in [5, 5.41) is 0. The first-order chi connectivity index (χ1) is 7.08. The van der Waals surface area contributed by atoms with E-state index in [-0.39, 0.29) is 0 Å². The van der Waals surface area contributed by atoms with Crippen molar-refractivity contribution in [2.75, 3.05) is 13.4 Å². The normalized spacial score (nSPS) is 11.4. The molecule has 0 unspecified atom stereocenters. The summed E-state index contributed by atoms with van der Waals surface area (Å²) in [5.41, 5.74) is 0. The van der Waals surface area contributed by atoms with Gasteiger partial charge in [0.15, 0.2) is 6.79 Å². The Morgan fingerprint density at radius 2 is 1.87 bits per heavy atom. The lowest BCUT2D eigenvalue weighted by atomic mass is 10.3. The fraction of sp³-hybridized carbons (Fsp3) is 0.500. The van der Waals surface area contributed by atoms with E-state index in [4.69, 9.17) is 9.47 Å². The van der Waals surface area contributed by atoms with E-state index in [2.05, 4.69) is 25.7 Å². The van der Waals surface area contributed by atoms with Gasteiger partial charge in [-0.15, -0.1) is 0 Å². The van der Waals surface area contributed by atoms with Crippen LogP contribution in [0.15, 0.2) is 24.3 Å². The molecule has 0 spiro atoms. The monoisotopic (exact) mass is 223 g/mol. The van der Waals surface area contributed by atoms with Gasteiger partial charge in [0, 0.05) is 14.7 Å². The number of rotatable bonds is 6. The minimum absolute atomic E-state index is 0.342. The highest BCUT2D eigenvalue weighted by atomic mass is 28.3. The molecule has 1 rings (SSSR count). The lowest BCUT2D eigenvalue weighted by molar-refractivity contribution is 0.0220. The molecule has 0 saturated heterocycles. The molecular formula is C12H19O2Si. The average Bonchev–Trinajstić information content (AvgIpc) is 2.17. The summed E-state index contributed by atoms with van der Waals surface area (Å²) in [7, 11) is -0.972. The standard InChI is InChI=1S/C12H19O2Si/c1-15(2,3)10-9-13-11-14-12-7-5-4-6-8-12/h5-8H,9-11H2,1-3H3. The van der Waals surface area contributed by atoms with Crippen LogP contribution in [0.25, 0.3) is 0 Å². The number of ether oxygens (including phenoxy) is 2. The first-order valence-corrected chi connectivity index (χ1v) is 8.95. The summed E-state index contributed by atoms with van der Waals surface area (Å²) in [4.78, 5) is 0. The molecule has 83 valence electrons. The van der Waals surface area contributed by atoms with Crippen LogP contribution in [0.3, 0.4) is 0 Å². The zero-order chi connectivity index (χ0) is 11.1. The Bertz CT molecular complexity index is 267. The minimum atomic E-state index is -0.972. The van der Waals surface area contributed by atoms with Crippen molar-refractivity contribution in [3.8, 4) is 5.75 Å². The Labute approximate surface area is 93.2 Å². The second kappa shape index (κ2) is 5.93. The van der Waals surface area contributed by atoms with Crippen molar-refractivity contribution in [3.05, 3.63) is 30.3 Å². The molecule has 1 radical (unpaired) electrons. The fourth-order valence-corrected chi connectivity index (χ4v) is 1.77. The largest absolute Gasteiger partial charge is 0.468 e. The Morgan fingerprint density at radius 1 is 1.20 bits per heavy atom. The second-order valence-corrected chi connectivity index (χ2v) is 10.3. The first kappa shape index (κ1) is 12.3. The Hall–Kier alpha value is -0.803. The van der Waals surface area contributed by atoms with E-state index >= 15 is 0 Å². The van der Waals surface area contributed by atoms with Crippen molar-refractivity contribution >= 4 is 8.07 Å². The van der Waals surface area contributed by atoms with E-state index in [0.717, 1.165) is 12.4 Å². The molecule has 0 fully saturated rings. The van der Waals surface area contributed by atoms with Crippen LogP contribution < -0.4 is 4.74 Å². The summed E-state index contributed by atoms with van der Waals surface area (Å²) >= 11 is 0. The van der Waals surface area contributed by atoms with Crippen LogP contribution >= 0.6 is 0 Å². The average molecular weight is 223 g/mol. The van der Waals surface area contributed by atoms with Gasteiger partial charge in [0.25, 0.3) is 0 Å². The highest BCUT2D eigenvalue weighted by Crippen LogP contribution is 2.09. The Balaban J connectivity index is 2.08. The topological polar surface area (TPSA) is 18.5 Å². The summed E-state index contributed by atoms with van der Waals surface area (Å²) in [5.74, 6) is 0.835. The highest BCUT2D eigenvalue weighted by molar-refractivity contribution is 6.76. The molecule has 0 bridgehead atoms. The smallest absolute Gasteiger partial charge is 0.189 e. The van der Waals surface area contributed by atoms with E-state index < -0.39 is 8.07 Å². The van der Waals surface area contributed by atoms with E-state index in [1.807, 2.05) is 24.3 Å². The molecule has 2 nitrogen and oxygen atoms in total. The number of hydrogen-bond acceptors (Lipinski definition) is 2. The van der Waals surface area contributed by atoms with Crippen molar-refractivity contribution < 1.29 is 9.47 Å². The lowest BCUT2D eigenvalue weighted by Crippen LogP contribution is -2.22. The SMILES string of the molecule is C[Si](C)(C)CCOCOc1cc[c]cc1. The predicted octanol–water partition coefficient (Wildman–Crippen LogP) is 3.18. The van der Waals surface area contributed by atoms with Gasteiger partial charge in [-0.05, 0) is 24.2 Å². The van der Waals surface area contributed by atoms with Gasteiger partial charge in [-0.25, -0.2) is 0 Å². The van der Waals surface area contributed by atoms with Crippen LogP contribution in [-0.4, -0.2) is 21.5 Å². The number of benzene rings is 1. The van der Waals surface area contributed by atoms with Crippen molar-refractivity contribution in [1.82, 2.24) is 0 Å². The molecular weight excluding hydrogens is 204 g/mol. The summed E-state index contributed by atoms with van der Waals surface area (Å²) in [6, 6.07) is 11.5. The molecule has 0 aliphatic heterocycles. The third kappa shape index (κ3) is 6.31. The van der Waals surface area contributed by atoms with E-state index in [1.54, 1.807) is 0 Å². The van der Waals surface area contributed by atoms with Crippen LogP contribution in [0.4, 0.5) is 0 Å². The van der Waals surface area contributed by atoms with Crippen LogP contribution in [0.2, 0.25) is 25.7 Å². The molecule has 15 heavy (non-hydrogen) atoms. The minimum Gasteiger partial charge on any atom is -0.468 e. The predicted molar refractivity (Wildman–Crippen MR) is 64.9 cm³/mol. The summed E-state index contributed by atoms with van der Waals surface area (Å²) in [6.07, 6.45) is 0. The summed E-state index contributed by atoms with van der Waals surface area (Å²) in [6.45, 7) is 8.15. The van der Waals surface area contributed by atoms with Crippen molar-refractivity contribution in [1.29, 1.82) is 0 Å². The van der Waals surface area contributed by atoms with Gasteiger partial charge in [0.05, 0.1) is 0 Å². The molecule has 0 saturated carbocycles. The summed E-state index contributed by atoms with van der Waals surface area (Å²) < 4.78 is 10.8. The van der Waals surface area contributed by atoms with E-state index in [0.29, 0.717) is 6.79 Å². The quantitative estimate of drug-likeness (QED) is 0.419. The lowest BCUT2D eigenvalue weighted by Gasteiger charge is -2.15. The molecule has 0 N–H and O–H groups in total. The molecule has 3 heteroatoms. The molecule has 0 heterocycles. The van der Waals surface area contributed by atoms with Gasteiger partial charge < -0.3 is 9.47 Å².